The summed E-state index contributed by atoms with van der Waals surface area (Å²) in [6.45, 7) is 24.9. The van der Waals surface area contributed by atoms with Crippen LogP contribution in [0.25, 0.3) is 0 Å². The molecule has 7 heteroatoms. The third-order valence-corrected chi connectivity index (χ3v) is 4.52. The second-order valence-corrected chi connectivity index (χ2v) is 4.94. The van der Waals surface area contributed by atoms with E-state index in [1.165, 1.54) is 0 Å². The number of fused-ring (bicyclic) bond motifs is 2. The van der Waals surface area contributed by atoms with Gasteiger partial charge in [0.15, 0.2) is 0 Å². The SMILES string of the molecule is CP1C2C=CC1C=C2.[C-]#[O+].[C-]#[O+].[C-]#[O+].[C-]#[O+].[C-]#[O+].[Cr]. The van der Waals surface area contributed by atoms with Crippen LogP contribution in [-0.4, -0.2) is 18.0 Å². The van der Waals surface area contributed by atoms with Gasteiger partial charge in [0.25, 0.3) is 0 Å². The van der Waals surface area contributed by atoms with E-state index in [1.54, 1.807) is 0 Å². The zero-order valence-corrected chi connectivity index (χ0v) is 12.0. The van der Waals surface area contributed by atoms with Crippen LogP contribution < -0.4 is 0 Å². The molecule has 2 heterocycles. The van der Waals surface area contributed by atoms with Gasteiger partial charge in [-0.25, -0.2) is 0 Å². The molecule has 5 nitrogen and oxygen atoms in total. The molecule has 0 aliphatic carbocycles. The third kappa shape index (κ3) is 13.4. The fourth-order valence-electron chi connectivity index (χ4n) is 1.33. The van der Waals surface area contributed by atoms with Crippen molar-refractivity contribution in [3.05, 3.63) is 57.6 Å². The van der Waals surface area contributed by atoms with Crippen molar-refractivity contribution in [1.29, 1.82) is 0 Å². The normalized spacial score (nSPS) is 21.1. The molecule has 2 rings (SSSR count). The van der Waals surface area contributed by atoms with Crippen LogP contribution in [-0.2, 0) is 40.6 Å². The smallest absolute Gasteiger partial charge is 0 e. The first-order chi connectivity index (χ1) is 8.88. The van der Waals surface area contributed by atoms with Crippen molar-refractivity contribution in [3.8, 4) is 0 Å². The van der Waals surface area contributed by atoms with Gasteiger partial charge in [-0.05, 0) is 6.66 Å². The third-order valence-electron chi connectivity index (χ3n) is 1.95. The number of rotatable bonds is 0. The Balaban J connectivity index is -0.0000000519. The van der Waals surface area contributed by atoms with Crippen molar-refractivity contribution in [2.24, 2.45) is 0 Å². The molecule has 19 heavy (non-hydrogen) atoms. The Bertz CT molecular complexity index is 275. The average Bonchev–Trinajstić information content (AvgIpc) is 3.07. The van der Waals surface area contributed by atoms with E-state index in [0.29, 0.717) is 7.92 Å². The minimum Gasteiger partial charge on any atom is 0 e. The van der Waals surface area contributed by atoms with Gasteiger partial charge in [0.05, 0.1) is 0 Å². The van der Waals surface area contributed by atoms with Crippen LogP contribution in [0.3, 0.4) is 0 Å². The summed E-state index contributed by atoms with van der Waals surface area (Å²) >= 11 is 0. The van der Waals surface area contributed by atoms with Crippen molar-refractivity contribution in [3.63, 3.8) is 0 Å². The summed E-state index contributed by atoms with van der Waals surface area (Å²) < 4.78 is 37.5. The Hall–Kier alpha value is -0.858. The molecule has 0 amide bonds. The molecule has 0 aromatic heterocycles. The Labute approximate surface area is 124 Å². The number of hydrogen-bond donors (Lipinski definition) is 0. The first-order valence-electron chi connectivity index (χ1n) is 3.98. The van der Waals surface area contributed by atoms with E-state index in [2.05, 4.69) is 64.2 Å². The van der Waals surface area contributed by atoms with Gasteiger partial charge >= 0.3 is 56.5 Å². The largest absolute Gasteiger partial charge is 0 e. The molecule has 0 radical (unpaired) electrons. The van der Waals surface area contributed by atoms with Gasteiger partial charge in [0.2, 0.25) is 0 Å². The van der Waals surface area contributed by atoms with Gasteiger partial charge in [-0.1, -0.05) is 32.2 Å². The van der Waals surface area contributed by atoms with Crippen LogP contribution in [0.5, 0.6) is 0 Å². The number of hydrogen-bond acceptors (Lipinski definition) is 0. The average molecular weight is 316 g/mol. The van der Waals surface area contributed by atoms with E-state index in [1.807, 2.05) is 0 Å². The molecular formula is C12H9CrO5P. The zero-order valence-electron chi connectivity index (χ0n) is 9.86. The Morgan fingerprint density at radius 1 is 0.632 bits per heavy atom. The van der Waals surface area contributed by atoms with Crippen LogP contribution >= 0.6 is 7.92 Å². The molecule has 0 unspecified atom stereocenters. The molecule has 0 fully saturated rings. The molecule has 0 aromatic rings. The predicted octanol–water partition coefficient (Wildman–Crippen LogP) is 1.78. The number of allylic oxidation sites excluding steroid dienone is 4. The monoisotopic (exact) mass is 316 g/mol. The molecule has 2 bridgehead atoms. The van der Waals surface area contributed by atoms with Crippen LogP contribution in [0.4, 0.5) is 0 Å². The van der Waals surface area contributed by atoms with Gasteiger partial charge in [0, 0.05) is 28.7 Å². The molecule has 2 aliphatic heterocycles. The summed E-state index contributed by atoms with van der Waals surface area (Å²) in [6, 6.07) is 0. The Morgan fingerprint density at radius 2 is 0.789 bits per heavy atom. The van der Waals surface area contributed by atoms with E-state index in [-0.39, 0.29) is 17.4 Å². The summed E-state index contributed by atoms with van der Waals surface area (Å²) in [5.74, 6) is 0. The van der Waals surface area contributed by atoms with Crippen molar-refractivity contribution in [1.82, 2.24) is 0 Å². The van der Waals surface area contributed by atoms with Gasteiger partial charge < -0.3 is 0 Å². The van der Waals surface area contributed by atoms with Crippen molar-refractivity contribution in [2.45, 2.75) is 11.3 Å². The Morgan fingerprint density at radius 3 is 0.842 bits per heavy atom. The summed E-state index contributed by atoms with van der Waals surface area (Å²) in [4.78, 5) is 0. The molecule has 0 aromatic carbocycles. The quantitative estimate of drug-likeness (QED) is 0.282. The maximum absolute atomic E-state index is 7.50. The van der Waals surface area contributed by atoms with Crippen molar-refractivity contribution >= 4 is 7.92 Å². The van der Waals surface area contributed by atoms with E-state index >= 15 is 0 Å². The standard InChI is InChI=1S/C7H9P.5CO.Cr/c1-8-6-2-3-7(8)5-4-6;5*1-2;/h2-7H,1H3;;;;;;. The van der Waals surface area contributed by atoms with E-state index < -0.39 is 0 Å². The molecule has 2 aliphatic rings. The maximum atomic E-state index is 7.50. The predicted molar refractivity (Wildman–Crippen MR) is 58.3 cm³/mol. The van der Waals surface area contributed by atoms with Crippen LogP contribution in [0.15, 0.2) is 24.3 Å². The summed E-state index contributed by atoms with van der Waals surface area (Å²) in [5, 5.41) is 0. The molecule has 98 valence electrons. The van der Waals surface area contributed by atoms with Gasteiger partial charge in [-0.3, -0.25) is 0 Å². The Kier molecular flexibility index (Phi) is 49.2. The molecule has 0 saturated carbocycles. The van der Waals surface area contributed by atoms with E-state index in [9.17, 15) is 0 Å². The topological polar surface area (TPSA) is 99.5 Å². The summed E-state index contributed by atoms with van der Waals surface area (Å²) in [5.41, 5.74) is 1.69. The first kappa shape index (κ1) is 30.9. The fraction of sp³-hybridized carbons (Fsp3) is 0.250. The van der Waals surface area contributed by atoms with Crippen molar-refractivity contribution in [2.75, 3.05) is 6.66 Å². The molecule has 0 atom stereocenters. The second kappa shape index (κ2) is 30.3. The minimum atomic E-state index is 0. The van der Waals surface area contributed by atoms with Crippen molar-refractivity contribution < 1.29 is 40.6 Å². The first-order valence-corrected chi connectivity index (χ1v) is 5.91. The van der Waals surface area contributed by atoms with Gasteiger partial charge in [-0.2, -0.15) is 0 Å². The van der Waals surface area contributed by atoms with Gasteiger partial charge in [-0.15, -0.1) is 0 Å². The van der Waals surface area contributed by atoms with Crippen LogP contribution in [0, 0.1) is 33.3 Å². The summed E-state index contributed by atoms with van der Waals surface area (Å²) in [7, 11) is 0.301. The van der Waals surface area contributed by atoms with E-state index in [0.717, 1.165) is 11.3 Å². The molecular weight excluding hydrogens is 307 g/mol. The fourth-order valence-corrected chi connectivity index (χ4v) is 3.21. The maximum Gasteiger partial charge on any atom is 0 e. The second-order valence-electron chi connectivity index (χ2n) is 2.42. The minimum absolute atomic E-state index is 0. The summed E-state index contributed by atoms with van der Waals surface area (Å²) in [6.07, 6.45) is 9.37. The molecule has 0 saturated heterocycles. The van der Waals surface area contributed by atoms with E-state index in [4.69, 9.17) is 23.3 Å². The molecule has 0 spiro atoms. The molecule has 0 N–H and O–H groups in total. The van der Waals surface area contributed by atoms with Crippen LogP contribution in [0.2, 0.25) is 0 Å². The van der Waals surface area contributed by atoms with Gasteiger partial charge in [0.1, 0.15) is 0 Å². The van der Waals surface area contributed by atoms with Crippen LogP contribution in [0.1, 0.15) is 0 Å². The zero-order chi connectivity index (χ0) is 15.6.